The third kappa shape index (κ3) is 3.57. The summed E-state index contributed by atoms with van der Waals surface area (Å²) in [5.41, 5.74) is 6.44. The number of para-hydroxylation sites is 1. The number of nitrogens with zero attached hydrogens (tertiary/aromatic N) is 1. The average Bonchev–Trinajstić information content (AvgIpc) is 2.38. The lowest BCUT2D eigenvalue weighted by molar-refractivity contribution is -0.136. The Morgan fingerprint density at radius 1 is 1.25 bits per heavy atom. The number of carboxylic acid groups (broad SMARTS) is 1. The summed E-state index contributed by atoms with van der Waals surface area (Å²) in [7, 11) is 0. The quantitative estimate of drug-likeness (QED) is 0.829. The fraction of sp³-hybridized carbons (Fsp3) is 0.467. The Labute approximate surface area is 118 Å². The second kappa shape index (κ2) is 6.05. The van der Waals surface area contributed by atoms with E-state index in [0.29, 0.717) is 0 Å². The van der Waals surface area contributed by atoms with Gasteiger partial charge in [-0.1, -0.05) is 18.2 Å². The molecule has 5 nitrogen and oxygen atoms in total. The van der Waals surface area contributed by atoms with Gasteiger partial charge in [0.05, 0.1) is 6.42 Å². The molecule has 1 aromatic rings. The van der Waals surface area contributed by atoms with Crippen LogP contribution in [0, 0.1) is 0 Å². The molecule has 0 atom stereocenters. The van der Waals surface area contributed by atoms with Crippen molar-refractivity contribution in [1.29, 1.82) is 0 Å². The maximum Gasteiger partial charge on any atom is 0.305 e. The predicted octanol–water partition coefficient (Wildman–Crippen LogP) is 1.77. The maximum atomic E-state index is 12.4. The first kappa shape index (κ1) is 14.5. The van der Waals surface area contributed by atoms with Crippen LogP contribution >= 0.6 is 0 Å². The molecular formula is C15H20N2O3. The fourth-order valence-corrected chi connectivity index (χ4v) is 2.42. The van der Waals surface area contributed by atoms with Gasteiger partial charge in [0.25, 0.3) is 0 Å². The molecule has 1 aliphatic rings. The van der Waals surface area contributed by atoms with Gasteiger partial charge in [-0.25, -0.2) is 0 Å². The van der Waals surface area contributed by atoms with Crippen molar-refractivity contribution >= 4 is 17.6 Å². The molecule has 1 aliphatic carbocycles. The number of carbonyl (C=O) groups is 2. The van der Waals surface area contributed by atoms with E-state index >= 15 is 0 Å². The van der Waals surface area contributed by atoms with Crippen molar-refractivity contribution in [2.45, 2.75) is 37.6 Å². The van der Waals surface area contributed by atoms with E-state index in [1.165, 1.54) is 4.90 Å². The highest BCUT2D eigenvalue weighted by Gasteiger charge is 2.36. The zero-order valence-electron chi connectivity index (χ0n) is 11.4. The minimum Gasteiger partial charge on any atom is -0.481 e. The molecule has 2 rings (SSSR count). The average molecular weight is 276 g/mol. The fourth-order valence-electron chi connectivity index (χ4n) is 2.42. The van der Waals surface area contributed by atoms with Crippen LogP contribution in [-0.2, 0) is 9.59 Å². The summed E-state index contributed by atoms with van der Waals surface area (Å²) in [6, 6.07) is 9.14. The largest absolute Gasteiger partial charge is 0.481 e. The molecule has 0 saturated heterocycles. The molecule has 20 heavy (non-hydrogen) atoms. The van der Waals surface area contributed by atoms with Crippen LogP contribution in [0.15, 0.2) is 30.3 Å². The number of carbonyl (C=O) groups excluding carboxylic acids is 1. The molecule has 0 bridgehead atoms. The monoisotopic (exact) mass is 276 g/mol. The van der Waals surface area contributed by atoms with E-state index in [0.717, 1.165) is 24.9 Å². The van der Waals surface area contributed by atoms with E-state index in [2.05, 4.69) is 0 Å². The van der Waals surface area contributed by atoms with Crippen molar-refractivity contribution in [1.82, 2.24) is 0 Å². The Hall–Kier alpha value is -1.88. The normalized spacial score (nSPS) is 16.2. The van der Waals surface area contributed by atoms with Crippen LogP contribution in [0.25, 0.3) is 0 Å². The lowest BCUT2D eigenvalue weighted by Gasteiger charge is -2.39. The molecule has 0 aliphatic heterocycles. The Kier molecular flexibility index (Phi) is 4.39. The summed E-state index contributed by atoms with van der Waals surface area (Å²) in [4.78, 5) is 24.7. The third-order valence-corrected chi connectivity index (χ3v) is 3.77. The number of benzene rings is 1. The first-order valence-corrected chi connectivity index (χ1v) is 6.86. The topological polar surface area (TPSA) is 83.6 Å². The van der Waals surface area contributed by atoms with Gasteiger partial charge in [-0.15, -0.1) is 0 Å². The molecule has 108 valence electrons. The van der Waals surface area contributed by atoms with Crippen LogP contribution in [0.3, 0.4) is 0 Å². The Morgan fingerprint density at radius 2 is 1.90 bits per heavy atom. The molecule has 1 amide bonds. The standard InChI is InChI=1S/C15H20N2O3/c16-15(8-4-9-15)11-13(18)17(10-7-14(19)20)12-5-2-1-3-6-12/h1-3,5-6H,4,7-11,16H2,(H,19,20). The summed E-state index contributed by atoms with van der Waals surface area (Å²) in [5, 5.41) is 8.82. The van der Waals surface area contributed by atoms with Crippen molar-refractivity contribution in [3.8, 4) is 0 Å². The molecule has 0 radical (unpaired) electrons. The minimum absolute atomic E-state index is 0.0712. The summed E-state index contributed by atoms with van der Waals surface area (Å²) in [6.07, 6.45) is 2.99. The van der Waals surface area contributed by atoms with Crippen LogP contribution in [0.1, 0.15) is 32.1 Å². The molecule has 0 spiro atoms. The summed E-state index contributed by atoms with van der Waals surface area (Å²) in [5.74, 6) is -1.01. The second-order valence-electron chi connectivity index (χ2n) is 5.42. The van der Waals surface area contributed by atoms with E-state index in [9.17, 15) is 9.59 Å². The number of aliphatic carboxylic acids is 1. The van der Waals surface area contributed by atoms with Crippen LogP contribution in [0.2, 0.25) is 0 Å². The van der Waals surface area contributed by atoms with Crippen LogP contribution in [-0.4, -0.2) is 29.1 Å². The Bertz CT molecular complexity index is 483. The second-order valence-corrected chi connectivity index (χ2v) is 5.42. The summed E-state index contributed by atoms with van der Waals surface area (Å²) in [6.45, 7) is 0.175. The molecule has 0 unspecified atom stereocenters. The van der Waals surface area contributed by atoms with Gasteiger partial charge in [0.1, 0.15) is 0 Å². The van der Waals surface area contributed by atoms with Crippen molar-refractivity contribution in [3.05, 3.63) is 30.3 Å². The smallest absolute Gasteiger partial charge is 0.305 e. The number of nitrogens with two attached hydrogens (primary N) is 1. The number of carboxylic acids is 1. The van der Waals surface area contributed by atoms with Gasteiger partial charge >= 0.3 is 5.97 Å². The van der Waals surface area contributed by atoms with Gasteiger partial charge in [-0.3, -0.25) is 9.59 Å². The molecule has 0 heterocycles. The molecular weight excluding hydrogens is 256 g/mol. The van der Waals surface area contributed by atoms with Gasteiger partial charge in [0.15, 0.2) is 0 Å². The molecule has 5 heteroatoms. The number of anilines is 1. The van der Waals surface area contributed by atoms with Gasteiger partial charge < -0.3 is 15.7 Å². The van der Waals surface area contributed by atoms with E-state index < -0.39 is 11.5 Å². The zero-order valence-corrected chi connectivity index (χ0v) is 11.4. The highest BCUT2D eigenvalue weighted by atomic mass is 16.4. The van der Waals surface area contributed by atoms with Gasteiger partial charge in [0.2, 0.25) is 5.91 Å². The van der Waals surface area contributed by atoms with Gasteiger partial charge in [0, 0.05) is 24.2 Å². The van der Waals surface area contributed by atoms with E-state index in [-0.39, 0.29) is 25.3 Å². The Morgan fingerprint density at radius 3 is 2.40 bits per heavy atom. The molecule has 1 aromatic carbocycles. The third-order valence-electron chi connectivity index (χ3n) is 3.77. The highest BCUT2D eigenvalue weighted by Crippen LogP contribution is 2.33. The number of amides is 1. The van der Waals surface area contributed by atoms with Gasteiger partial charge in [-0.05, 0) is 31.4 Å². The number of rotatable bonds is 6. The van der Waals surface area contributed by atoms with Crippen LogP contribution in [0.5, 0.6) is 0 Å². The molecule has 1 fully saturated rings. The van der Waals surface area contributed by atoms with E-state index in [4.69, 9.17) is 10.8 Å². The van der Waals surface area contributed by atoms with Gasteiger partial charge in [-0.2, -0.15) is 0 Å². The van der Waals surface area contributed by atoms with Crippen LogP contribution < -0.4 is 10.6 Å². The highest BCUT2D eigenvalue weighted by molar-refractivity contribution is 5.94. The maximum absolute atomic E-state index is 12.4. The Balaban J connectivity index is 2.09. The first-order valence-electron chi connectivity index (χ1n) is 6.86. The van der Waals surface area contributed by atoms with Crippen molar-refractivity contribution in [2.75, 3.05) is 11.4 Å². The minimum atomic E-state index is -0.912. The summed E-state index contributed by atoms with van der Waals surface area (Å²) < 4.78 is 0. The lowest BCUT2D eigenvalue weighted by atomic mass is 9.75. The SMILES string of the molecule is NC1(CC(=O)N(CCC(=O)O)c2ccccc2)CCC1. The predicted molar refractivity (Wildman–Crippen MR) is 76.4 cm³/mol. The number of hydrogen-bond acceptors (Lipinski definition) is 3. The zero-order chi connectivity index (χ0) is 14.6. The van der Waals surface area contributed by atoms with Crippen molar-refractivity contribution in [2.24, 2.45) is 5.73 Å². The summed E-state index contributed by atoms with van der Waals surface area (Å²) >= 11 is 0. The van der Waals surface area contributed by atoms with Crippen molar-refractivity contribution < 1.29 is 14.7 Å². The molecule has 0 aromatic heterocycles. The molecule has 3 N–H and O–H groups in total. The first-order chi connectivity index (χ1) is 9.50. The number of hydrogen-bond donors (Lipinski definition) is 2. The lowest BCUT2D eigenvalue weighted by Crippen LogP contribution is -2.51. The van der Waals surface area contributed by atoms with Crippen LogP contribution in [0.4, 0.5) is 5.69 Å². The van der Waals surface area contributed by atoms with E-state index in [1.807, 2.05) is 30.3 Å². The van der Waals surface area contributed by atoms with Crippen molar-refractivity contribution in [3.63, 3.8) is 0 Å². The van der Waals surface area contributed by atoms with E-state index in [1.54, 1.807) is 0 Å². The molecule has 1 saturated carbocycles.